The van der Waals surface area contributed by atoms with E-state index in [1.54, 1.807) is 0 Å². The van der Waals surface area contributed by atoms with E-state index in [1.165, 1.54) is 13.8 Å². The fraction of sp³-hybridized carbons (Fsp3) is 0.562. The van der Waals surface area contributed by atoms with E-state index in [0.29, 0.717) is 10.7 Å². The van der Waals surface area contributed by atoms with E-state index in [0.717, 1.165) is 10.7 Å². The Bertz CT molecular complexity index is 843. The van der Waals surface area contributed by atoms with Crippen LogP contribution in [-0.2, 0) is 17.5 Å². The number of aryl methyl sites for hydroxylation is 2. The molecule has 1 N–H and O–H groups in total. The number of aromatic nitrogens is 4. The highest BCUT2D eigenvalue weighted by Crippen LogP contribution is 2.29. The van der Waals surface area contributed by atoms with E-state index < -0.39 is 48.1 Å². The summed E-state index contributed by atoms with van der Waals surface area (Å²) in [5.74, 6) is -0.746. The van der Waals surface area contributed by atoms with Crippen LogP contribution in [0.2, 0.25) is 0 Å². The quantitative estimate of drug-likeness (QED) is 0.509. The number of rotatable bonds is 8. The van der Waals surface area contributed by atoms with Crippen LogP contribution in [0.5, 0.6) is 0 Å². The Kier molecular flexibility index (Phi) is 6.90. The molecule has 0 fully saturated rings. The van der Waals surface area contributed by atoms with Gasteiger partial charge in [-0.2, -0.15) is 23.4 Å². The summed E-state index contributed by atoms with van der Waals surface area (Å²) in [4.78, 5) is 12.1. The van der Waals surface area contributed by atoms with Crippen molar-refractivity contribution in [3.05, 3.63) is 34.9 Å². The summed E-state index contributed by atoms with van der Waals surface area (Å²) < 4.78 is 91.0. The van der Waals surface area contributed by atoms with Gasteiger partial charge in [0.2, 0.25) is 5.91 Å². The summed E-state index contributed by atoms with van der Waals surface area (Å²) in [5, 5.41) is 9.23. The summed E-state index contributed by atoms with van der Waals surface area (Å²) in [6.45, 7) is 2.76. The normalized spacial score (nSPS) is 13.3. The van der Waals surface area contributed by atoms with Gasteiger partial charge in [-0.15, -0.1) is 0 Å². The van der Waals surface area contributed by atoms with Crippen LogP contribution >= 0.6 is 0 Å². The molecule has 2 aromatic heterocycles. The molecule has 6 nitrogen and oxygen atoms in total. The Morgan fingerprint density at radius 3 is 2.31 bits per heavy atom. The third kappa shape index (κ3) is 5.48. The highest BCUT2D eigenvalue weighted by atomic mass is 19.4. The zero-order valence-electron chi connectivity index (χ0n) is 15.4. The molecule has 29 heavy (non-hydrogen) atoms. The first-order valence-corrected chi connectivity index (χ1v) is 8.46. The van der Waals surface area contributed by atoms with Gasteiger partial charge in [0.25, 0.3) is 12.9 Å². The van der Waals surface area contributed by atoms with Crippen molar-refractivity contribution in [3.8, 4) is 0 Å². The average molecular weight is 429 g/mol. The standard InChI is InChI=1S/C16H18F7N5O/c1-8-6-12(16(21,22)23)26-27(8)5-3-4-24-15(29)9(2)28-11(14(19)20)7-10(25-28)13(17)18/h6-7,9,13-14H,3-5H2,1-2H3,(H,24,29). The molecule has 0 aliphatic heterocycles. The summed E-state index contributed by atoms with van der Waals surface area (Å²) in [5.41, 5.74) is -2.42. The van der Waals surface area contributed by atoms with Crippen molar-refractivity contribution in [2.45, 2.75) is 51.9 Å². The van der Waals surface area contributed by atoms with Gasteiger partial charge in [-0.05, 0) is 32.4 Å². The third-order valence-electron chi connectivity index (χ3n) is 4.09. The minimum Gasteiger partial charge on any atom is -0.354 e. The van der Waals surface area contributed by atoms with Crippen LogP contribution in [0.25, 0.3) is 0 Å². The lowest BCUT2D eigenvalue weighted by Crippen LogP contribution is -2.33. The third-order valence-corrected chi connectivity index (χ3v) is 4.09. The number of alkyl halides is 7. The van der Waals surface area contributed by atoms with Crippen LogP contribution < -0.4 is 5.32 Å². The van der Waals surface area contributed by atoms with Gasteiger partial charge in [0.15, 0.2) is 5.69 Å². The van der Waals surface area contributed by atoms with Crippen molar-refractivity contribution in [2.24, 2.45) is 0 Å². The van der Waals surface area contributed by atoms with Gasteiger partial charge < -0.3 is 5.32 Å². The minimum absolute atomic E-state index is 0.0107. The summed E-state index contributed by atoms with van der Waals surface area (Å²) >= 11 is 0. The number of carbonyl (C=O) groups excluding carboxylic acids is 1. The number of hydrogen-bond acceptors (Lipinski definition) is 3. The molecule has 2 rings (SSSR count). The number of carbonyl (C=O) groups is 1. The Balaban J connectivity index is 1.94. The van der Waals surface area contributed by atoms with Gasteiger partial charge in [-0.1, -0.05) is 0 Å². The first-order chi connectivity index (χ1) is 13.4. The van der Waals surface area contributed by atoms with Gasteiger partial charge in [0, 0.05) is 18.8 Å². The lowest BCUT2D eigenvalue weighted by Gasteiger charge is -2.15. The number of amides is 1. The average Bonchev–Trinajstić information content (AvgIpc) is 3.22. The molecule has 0 bridgehead atoms. The first-order valence-electron chi connectivity index (χ1n) is 8.46. The zero-order valence-corrected chi connectivity index (χ0v) is 15.4. The van der Waals surface area contributed by atoms with E-state index in [4.69, 9.17) is 0 Å². The zero-order chi connectivity index (χ0) is 21.9. The predicted molar refractivity (Wildman–Crippen MR) is 86.4 cm³/mol. The Morgan fingerprint density at radius 2 is 1.79 bits per heavy atom. The van der Waals surface area contributed by atoms with Crippen molar-refractivity contribution in [1.82, 2.24) is 24.9 Å². The van der Waals surface area contributed by atoms with Crippen molar-refractivity contribution in [3.63, 3.8) is 0 Å². The molecule has 2 heterocycles. The number of nitrogens with zero attached hydrogens (tertiary/aromatic N) is 4. The Hall–Kier alpha value is -2.60. The Labute approximate surface area is 160 Å². The van der Waals surface area contributed by atoms with E-state index in [2.05, 4.69) is 15.5 Å². The lowest BCUT2D eigenvalue weighted by atomic mass is 10.3. The topological polar surface area (TPSA) is 64.7 Å². The highest BCUT2D eigenvalue weighted by Gasteiger charge is 2.34. The molecule has 0 aliphatic rings. The van der Waals surface area contributed by atoms with Crippen LogP contribution in [0.4, 0.5) is 30.7 Å². The molecule has 0 saturated heterocycles. The summed E-state index contributed by atoms with van der Waals surface area (Å²) in [6.07, 6.45) is -10.5. The maximum absolute atomic E-state index is 13.0. The maximum atomic E-state index is 13.0. The second-order valence-corrected chi connectivity index (χ2v) is 6.25. The van der Waals surface area contributed by atoms with Crippen LogP contribution in [0, 0.1) is 6.92 Å². The van der Waals surface area contributed by atoms with Gasteiger partial charge in [-0.25, -0.2) is 17.6 Å². The molecule has 0 radical (unpaired) electrons. The molecular formula is C16H18F7N5O. The fourth-order valence-corrected chi connectivity index (χ4v) is 2.58. The van der Waals surface area contributed by atoms with Gasteiger partial charge >= 0.3 is 6.18 Å². The second kappa shape index (κ2) is 8.82. The molecular weight excluding hydrogens is 411 g/mol. The van der Waals surface area contributed by atoms with Gasteiger partial charge in [-0.3, -0.25) is 14.2 Å². The van der Waals surface area contributed by atoms with Gasteiger partial charge in [0.1, 0.15) is 17.4 Å². The highest BCUT2D eigenvalue weighted by molar-refractivity contribution is 5.79. The van der Waals surface area contributed by atoms with E-state index in [9.17, 15) is 35.5 Å². The predicted octanol–water partition coefficient (Wildman–Crippen LogP) is 4.05. The minimum atomic E-state index is -4.57. The summed E-state index contributed by atoms with van der Waals surface area (Å²) in [7, 11) is 0. The van der Waals surface area contributed by atoms with Crippen molar-refractivity contribution >= 4 is 5.91 Å². The van der Waals surface area contributed by atoms with Crippen LogP contribution in [-0.4, -0.2) is 32.0 Å². The fourth-order valence-electron chi connectivity index (χ4n) is 2.58. The number of nitrogens with one attached hydrogen (secondary N) is 1. The molecule has 1 amide bonds. The lowest BCUT2D eigenvalue weighted by molar-refractivity contribution is -0.141. The molecule has 2 aromatic rings. The van der Waals surface area contributed by atoms with Crippen LogP contribution in [0.15, 0.2) is 12.1 Å². The van der Waals surface area contributed by atoms with Crippen molar-refractivity contribution < 1.29 is 35.5 Å². The SMILES string of the molecule is Cc1cc(C(F)(F)F)nn1CCCNC(=O)C(C)n1nc(C(F)F)cc1C(F)F. The van der Waals surface area contributed by atoms with Gasteiger partial charge in [0.05, 0.1) is 0 Å². The van der Waals surface area contributed by atoms with Crippen molar-refractivity contribution in [1.29, 1.82) is 0 Å². The summed E-state index contributed by atoms with van der Waals surface area (Å²) in [6, 6.07) is 0.151. The molecule has 1 unspecified atom stereocenters. The second-order valence-electron chi connectivity index (χ2n) is 6.25. The molecule has 0 aromatic carbocycles. The molecule has 13 heteroatoms. The number of halogens is 7. The van der Waals surface area contributed by atoms with E-state index in [1.807, 2.05) is 0 Å². The maximum Gasteiger partial charge on any atom is 0.435 e. The number of hydrogen-bond donors (Lipinski definition) is 1. The molecule has 0 spiro atoms. The molecule has 0 saturated carbocycles. The molecule has 1 atom stereocenters. The van der Waals surface area contributed by atoms with Crippen LogP contribution in [0.1, 0.15) is 55.0 Å². The molecule has 0 aliphatic carbocycles. The monoisotopic (exact) mass is 429 g/mol. The van der Waals surface area contributed by atoms with E-state index >= 15 is 0 Å². The smallest absolute Gasteiger partial charge is 0.354 e. The van der Waals surface area contributed by atoms with Crippen LogP contribution in [0.3, 0.4) is 0 Å². The Morgan fingerprint density at radius 1 is 1.14 bits per heavy atom. The van der Waals surface area contributed by atoms with E-state index in [-0.39, 0.29) is 25.2 Å². The van der Waals surface area contributed by atoms with Crippen molar-refractivity contribution in [2.75, 3.05) is 6.54 Å². The largest absolute Gasteiger partial charge is 0.435 e. The molecule has 162 valence electrons. The first kappa shape index (κ1) is 22.7.